The van der Waals surface area contributed by atoms with Crippen LogP contribution in [0.25, 0.3) is 0 Å². The van der Waals surface area contributed by atoms with Crippen LogP contribution in [-0.2, 0) is 16.4 Å². The molecule has 0 saturated heterocycles. The van der Waals surface area contributed by atoms with Crippen LogP contribution < -0.4 is 11.1 Å². The molecule has 0 unspecified atom stereocenters. The first-order valence-electron chi connectivity index (χ1n) is 6.12. The molecule has 0 aliphatic rings. The first-order chi connectivity index (χ1) is 9.36. The summed E-state index contributed by atoms with van der Waals surface area (Å²) in [5, 5.41) is 3.14. The maximum Gasteiger partial charge on any atom is 0.175 e. The number of anilines is 2. The van der Waals surface area contributed by atoms with E-state index >= 15 is 0 Å². The number of aryl methyl sites for hydroxylation is 1. The van der Waals surface area contributed by atoms with E-state index in [1.807, 2.05) is 13.0 Å². The number of nitrogens with two attached hydrogens (primary N) is 1. The molecule has 1 heterocycles. The van der Waals surface area contributed by atoms with Crippen molar-refractivity contribution in [3.63, 3.8) is 0 Å². The van der Waals surface area contributed by atoms with Gasteiger partial charge in [0, 0.05) is 18.5 Å². The lowest BCUT2D eigenvalue weighted by Gasteiger charge is -2.09. The zero-order chi connectivity index (χ0) is 14.8. The van der Waals surface area contributed by atoms with Crippen molar-refractivity contribution in [2.24, 2.45) is 0 Å². The maximum atomic E-state index is 11.4. The van der Waals surface area contributed by atoms with E-state index < -0.39 is 9.84 Å². The standard InChI is InChI=1S/C14H17N3O2S/c1-10-3-8-13(15)14(17-10)16-9-11-4-6-12(7-5-11)20(2,18)19/h3-8H,9,15H2,1-2H3,(H,16,17). The minimum Gasteiger partial charge on any atom is -0.396 e. The molecule has 0 saturated carbocycles. The molecule has 0 radical (unpaired) electrons. The molecule has 0 aliphatic heterocycles. The average molecular weight is 291 g/mol. The van der Waals surface area contributed by atoms with Gasteiger partial charge in [0.25, 0.3) is 0 Å². The topological polar surface area (TPSA) is 85.1 Å². The van der Waals surface area contributed by atoms with Gasteiger partial charge in [-0.25, -0.2) is 13.4 Å². The lowest BCUT2D eigenvalue weighted by atomic mass is 10.2. The zero-order valence-electron chi connectivity index (χ0n) is 11.4. The first-order valence-corrected chi connectivity index (χ1v) is 8.01. The molecule has 5 nitrogen and oxygen atoms in total. The molecule has 6 heteroatoms. The smallest absolute Gasteiger partial charge is 0.175 e. The normalized spacial score (nSPS) is 11.3. The summed E-state index contributed by atoms with van der Waals surface area (Å²) in [6.45, 7) is 2.43. The number of aromatic nitrogens is 1. The molecule has 0 amide bonds. The van der Waals surface area contributed by atoms with Gasteiger partial charge in [-0.3, -0.25) is 0 Å². The number of pyridine rings is 1. The van der Waals surface area contributed by atoms with E-state index in [9.17, 15) is 8.42 Å². The quantitative estimate of drug-likeness (QED) is 0.899. The Hall–Kier alpha value is -2.08. The van der Waals surface area contributed by atoms with E-state index in [0.29, 0.717) is 22.9 Å². The van der Waals surface area contributed by atoms with E-state index in [1.54, 1.807) is 30.3 Å². The largest absolute Gasteiger partial charge is 0.396 e. The molecular weight excluding hydrogens is 274 g/mol. The van der Waals surface area contributed by atoms with Gasteiger partial charge < -0.3 is 11.1 Å². The molecule has 0 spiro atoms. The van der Waals surface area contributed by atoms with Crippen LogP contribution in [-0.4, -0.2) is 19.7 Å². The summed E-state index contributed by atoms with van der Waals surface area (Å²) in [5.41, 5.74) is 8.26. The van der Waals surface area contributed by atoms with Crippen molar-refractivity contribution < 1.29 is 8.42 Å². The fourth-order valence-electron chi connectivity index (χ4n) is 1.75. The summed E-state index contributed by atoms with van der Waals surface area (Å²) in [7, 11) is -3.15. The Balaban J connectivity index is 2.10. The van der Waals surface area contributed by atoms with Crippen molar-refractivity contribution in [1.82, 2.24) is 4.98 Å². The van der Waals surface area contributed by atoms with Gasteiger partial charge >= 0.3 is 0 Å². The number of nitrogens with one attached hydrogen (secondary N) is 1. The molecule has 20 heavy (non-hydrogen) atoms. The van der Waals surface area contributed by atoms with Crippen LogP contribution in [0.5, 0.6) is 0 Å². The van der Waals surface area contributed by atoms with Crippen LogP contribution in [0, 0.1) is 6.92 Å². The van der Waals surface area contributed by atoms with Crippen LogP contribution in [0.2, 0.25) is 0 Å². The monoisotopic (exact) mass is 291 g/mol. The van der Waals surface area contributed by atoms with E-state index in [-0.39, 0.29) is 0 Å². The number of hydrogen-bond acceptors (Lipinski definition) is 5. The Morgan fingerprint density at radius 2 is 1.80 bits per heavy atom. The second-order valence-electron chi connectivity index (χ2n) is 4.66. The third kappa shape index (κ3) is 3.48. The fraction of sp³-hybridized carbons (Fsp3) is 0.214. The summed E-state index contributed by atoms with van der Waals surface area (Å²) in [4.78, 5) is 4.63. The highest BCUT2D eigenvalue weighted by molar-refractivity contribution is 7.90. The van der Waals surface area contributed by atoms with Gasteiger partial charge in [0.05, 0.1) is 10.6 Å². The molecular formula is C14H17N3O2S. The van der Waals surface area contributed by atoms with Crippen LogP contribution in [0.15, 0.2) is 41.3 Å². The summed E-state index contributed by atoms with van der Waals surface area (Å²) >= 11 is 0. The van der Waals surface area contributed by atoms with Crippen molar-refractivity contribution in [3.05, 3.63) is 47.7 Å². The number of rotatable bonds is 4. The van der Waals surface area contributed by atoms with Crippen LogP contribution in [0.3, 0.4) is 0 Å². The van der Waals surface area contributed by atoms with E-state index in [0.717, 1.165) is 11.3 Å². The molecule has 0 bridgehead atoms. The second-order valence-corrected chi connectivity index (χ2v) is 6.68. The highest BCUT2D eigenvalue weighted by Gasteiger charge is 2.06. The highest BCUT2D eigenvalue weighted by atomic mass is 32.2. The van der Waals surface area contributed by atoms with Gasteiger partial charge in [-0.2, -0.15) is 0 Å². The molecule has 106 valence electrons. The van der Waals surface area contributed by atoms with Gasteiger partial charge in [-0.1, -0.05) is 12.1 Å². The van der Waals surface area contributed by atoms with Gasteiger partial charge in [-0.15, -0.1) is 0 Å². The number of nitrogens with zero attached hydrogens (tertiary/aromatic N) is 1. The number of sulfone groups is 1. The van der Waals surface area contributed by atoms with Crippen molar-refractivity contribution in [3.8, 4) is 0 Å². The van der Waals surface area contributed by atoms with Gasteiger partial charge in [-0.05, 0) is 36.8 Å². The second kappa shape index (κ2) is 5.50. The molecule has 2 rings (SSSR count). The predicted octanol–water partition coefficient (Wildman–Crippen LogP) is 1.99. The van der Waals surface area contributed by atoms with Crippen LogP contribution >= 0.6 is 0 Å². The molecule has 1 aromatic carbocycles. The number of nitrogen functional groups attached to an aromatic ring is 1. The van der Waals surface area contributed by atoms with Crippen molar-refractivity contribution >= 4 is 21.3 Å². The Morgan fingerprint density at radius 3 is 2.40 bits per heavy atom. The molecule has 2 aromatic rings. The maximum absolute atomic E-state index is 11.4. The first kappa shape index (κ1) is 14.3. The Bertz CT molecular complexity index is 710. The summed E-state index contributed by atoms with van der Waals surface area (Å²) in [6.07, 6.45) is 1.19. The van der Waals surface area contributed by atoms with Crippen LogP contribution in [0.1, 0.15) is 11.3 Å². The van der Waals surface area contributed by atoms with E-state index in [2.05, 4.69) is 10.3 Å². The van der Waals surface area contributed by atoms with E-state index in [4.69, 9.17) is 5.73 Å². The zero-order valence-corrected chi connectivity index (χ0v) is 12.2. The third-order valence-electron chi connectivity index (χ3n) is 2.88. The van der Waals surface area contributed by atoms with Gasteiger partial charge in [0.2, 0.25) is 0 Å². The molecule has 1 aromatic heterocycles. The van der Waals surface area contributed by atoms with Gasteiger partial charge in [0.15, 0.2) is 9.84 Å². The van der Waals surface area contributed by atoms with Crippen molar-refractivity contribution in [1.29, 1.82) is 0 Å². The minimum absolute atomic E-state index is 0.314. The minimum atomic E-state index is -3.15. The van der Waals surface area contributed by atoms with E-state index in [1.165, 1.54) is 6.26 Å². The van der Waals surface area contributed by atoms with Crippen molar-refractivity contribution in [2.75, 3.05) is 17.3 Å². The fourth-order valence-corrected chi connectivity index (χ4v) is 2.38. The highest BCUT2D eigenvalue weighted by Crippen LogP contribution is 2.17. The molecule has 0 fully saturated rings. The molecule has 0 atom stereocenters. The summed E-state index contributed by atoms with van der Waals surface area (Å²) in [6, 6.07) is 10.4. The molecule has 0 aliphatic carbocycles. The lowest BCUT2D eigenvalue weighted by molar-refractivity contribution is 0.602. The lowest BCUT2D eigenvalue weighted by Crippen LogP contribution is -2.05. The predicted molar refractivity (Wildman–Crippen MR) is 80.3 cm³/mol. The Labute approximate surface area is 118 Å². The molecule has 3 N–H and O–H groups in total. The van der Waals surface area contributed by atoms with Crippen molar-refractivity contribution in [2.45, 2.75) is 18.4 Å². The SMILES string of the molecule is Cc1ccc(N)c(NCc2ccc(S(C)(=O)=O)cc2)n1. The number of benzene rings is 1. The van der Waals surface area contributed by atoms with Crippen LogP contribution in [0.4, 0.5) is 11.5 Å². The summed E-state index contributed by atoms with van der Waals surface area (Å²) < 4.78 is 22.7. The van der Waals surface area contributed by atoms with Gasteiger partial charge in [0.1, 0.15) is 5.82 Å². The Morgan fingerprint density at radius 1 is 1.15 bits per heavy atom. The summed E-state index contributed by atoms with van der Waals surface area (Å²) in [5.74, 6) is 0.636. The Kier molecular flexibility index (Phi) is 3.94. The number of hydrogen-bond donors (Lipinski definition) is 2. The third-order valence-corrected chi connectivity index (χ3v) is 4.01. The average Bonchev–Trinajstić information content (AvgIpc) is 2.39.